The van der Waals surface area contributed by atoms with Crippen molar-refractivity contribution in [2.24, 2.45) is 5.92 Å². The molecule has 7 nitrogen and oxygen atoms in total. The average molecular weight is 453 g/mol. The monoisotopic (exact) mass is 452 g/mol. The topological polar surface area (TPSA) is 73.0 Å². The van der Waals surface area contributed by atoms with Crippen LogP contribution in [0.5, 0.6) is 0 Å². The smallest absolute Gasteiger partial charge is 0.327 e. The molecule has 5 rings (SSSR count). The summed E-state index contributed by atoms with van der Waals surface area (Å²) in [5.41, 5.74) is 0.456. The number of amides is 4. The summed E-state index contributed by atoms with van der Waals surface area (Å²) in [5.74, 6) is 0.332. The molecule has 178 valence electrons. The number of piperidine rings is 1. The van der Waals surface area contributed by atoms with E-state index in [1.54, 1.807) is 7.05 Å². The normalized spacial score (nSPS) is 30.5. The van der Waals surface area contributed by atoms with Crippen LogP contribution in [-0.4, -0.2) is 69.8 Å². The Kier molecular flexibility index (Phi) is 5.71. The van der Waals surface area contributed by atoms with Crippen molar-refractivity contribution in [2.45, 2.75) is 88.5 Å². The highest BCUT2D eigenvalue weighted by Gasteiger charge is 2.62. The van der Waals surface area contributed by atoms with Crippen molar-refractivity contribution in [2.75, 3.05) is 13.6 Å². The Balaban J connectivity index is 1.31. The van der Waals surface area contributed by atoms with Crippen LogP contribution in [0.15, 0.2) is 30.3 Å². The van der Waals surface area contributed by atoms with Crippen LogP contribution < -0.4 is 5.32 Å². The van der Waals surface area contributed by atoms with Crippen molar-refractivity contribution in [1.29, 1.82) is 0 Å². The zero-order chi connectivity index (χ0) is 23.3. The van der Waals surface area contributed by atoms with Gasteiger partial charge >= 0.3 is 6.03 Å². The van der Waals surface area contributed by atoms with Gasteiger partial charge < -0.3 is 10.2 Å². The maximum Gasteiger partial charge on any atom is 0.327 e. The summed E-state index contributed by atoms with van der Waals surface area (Å²) in [6.07, 6.45) is 6.39. The lowest BCUT2D eigenvalue weighted by Crippen LogP contribution is -2.61. The van der Waals surface area contributed by atoms with E-state index in [4.69, 9.17) is 0 Å². The zero-order valence-electron chi connectivity index (χ0n) is 20.0. The number of nitrogens with one attached hydrogen (secondary N) is 1. The number of carbonyl (C=O) groups excluding carboxylic acids is 3. The number of rotatable bonds is 7. The summed E-state index contributed by atoms with van der Waals surface area (Å²) < 4.78 is 0. The van der Waals surface area contributed by atoms with E-state index in [0.717, 1.165) is 44.2 Å². The third kappa shape index (κ3) is 3.84. The number of carbonyl (C=O) groups is 3. The lowest BCUT2D eigenvalue weighted by atomic mass is 9.80. The number of imide groups is 1. The predicted molar refractivity (Wildman–Crippen MR) is 125 cm³/mol. The van der Waals surface area contributed by atoms with Gasteiger partial charge in [-0.15, -0.1) is 0 Å². The SMILES string of the molecule is CC(C)N1C(=O)N(C)C(=O)C12CC1CCC(C2)N1CC[C@H](NC(=O)C1CC1)c1ccccc1. The van der Waals surface area contributed by atoms with Gasteiger partial charge in [-0.3, -0.25) is 19.4 Å². The molecule has 4 aliphatic rings. The van der Waals surface area contributed by atoms with Gasteiger partial charge in [-0.05, 0) is 64.4 Å². The number of nitrogens with zero attached hydrogens (tertiary/aromatic N) is 3. The van der Waals surface area contributed by atoms with Gasteiger partial charge in [0.1, 0.15) is 5.54 Å². The summed E-state index contributed by atoms with van der Waals surface area (Å²) >= 11 is 0. The van der Waals surface area contributed by atoms with E-state index in [1.165, 1.54) is 4.90 Å². The number of hydrogen-bond donors (Lipinski definition) is 1. The summed E-state index contributed by atoms with van der Waals surface area (Å²) in [5, 5.41) is 3.29. The molecule has 3 saturated heterocycles. The molecule has 1 aliphatic carbocycles. The predicted octanol–water partition coefficient (Wildman–Crippen LogP) is 3.31. The standard InChI is InChI=1S/C26H36N4O3/c1-17(2)30-25(33)28(3)24(32)26(30)15-20-11-12-21(16-26)29(20)14-13-22(18-7-5-4-6-8-18)27-23(31)19-9-10-19/h4-8,17,19-22H,9-16H2,1-3H3,(H,27,31)/t20?,21?,22-,26?/m0/s1. The molecule has 3 aliphatic heterocycles. The molecule has 0 radical (unpaired) electrons. The van der Waals surface area contributed by atoms with Crippen LogP contribution in [0.2, 0.25) is 0 Å². The maximum atomic E-state index is 13.3. The highest BCUT2D eigenvalue weighted by atomic mass is 16.2. The molecule has 33 heavy (non-hydrogen) atoms. The lowest BCUT2D eigenvalue weighted by molar-refractivity contribution is -0.137. The molecule has 4 amide bonds. The summed E-state index contributed by atoms with van der Waals surface area (Å²) in [4.78, 5) is 44.4. The van der Waals surface area contributed by atoms with Crippen LogP contribution in [-0.2, 0) is 9.59 Å². The molecular weight excluding hydrogens is 416 g/mol. The van der Waals surface area contributed by atoms with Gasteiger partial charge in [-0.25, -0.2) is 4.79 Å². The number of fused-ring (bicyclic) bond motifs is 2. The molecular formula is C26H36N4O3. The van der Waals surface area contributed by atoms with E-state index >= 15 is 0 Å². The van der Waals surface area contributed by atoms with Gasteiger partial charge in [-0.2, -0.15) is 0 Å². The van der Waals surface area contributed by atoms with Crippen molar-refractivity contribution in [3.63, 3.8) is 0 Å². The minimum atomic E-state index is -0.693. The van der Waals surface area contributed by atoms with E-state index in [1.807, 2.05) is 36.9 Å². The lowest BCUT2D eigenvalue weighted by Gasteiger charge is -2.48. The van der Waals surface area contributed by atoms with Crippen LogP contribution in [0.25, 0.3) is 0 Å². The van der Waals surface area contributed by atoms with E-state index in [9.17, 15) is 14.4 Å². The molecule has 1 saturated carbocycles. The van der Waals surface area contributed by atoms with Gasteiger partial charge in [0.25, 0.3) is 5.91 Å². The fourth-order valence-corrected chi connectivity index (χ4v) is 6.54. The van der Waals surface area contributed by atoms with E-state index in [-0.39, 0.29) is 35.8 Å². The first-order valence-corrected chi connectivity index (χ1v) is 12.5. The zero-order valence-corrected chi connectivity index (χ0v) is 20.0. The molecule has 1 aromatic carbocycles. The second-order valence-electron chi connectivity index (χ2n) is 10.7. The highest BCUT2D eigenvalue weighted by molar-refractivity contribution is 6.07. The Labute approximate surface area is 196 Å². The Morgan fingerprint density at radius 3 is 2.27 bits per heavy atom. The molecule has 7 heteroatoms. The van der Waals surface area contributed by atoms with Crippen LogP contribution >= 0.6 is 0 Å². The highest BCUT2D eigenvalue weighted by Crippen LogP contribution is 2.48. The number of hydrogen-bond acceptors (Lipinski definition) is 4. The van der Waals surface area contributed by atoms with Gasteiger partial charge in [0.05, 0.1) is 6.04 Å². The number of urea groups is 1. The fraction of sp³-hybridized carbons (Fsp3) is 0.654. The molecule has 1 spiro atoms. The van der Waals surface area contributed by atoms with Crippen LogP contribution in [0.3, 0.4) is 0 Å². The fourth-order valence-electron chi connectivity index (χ4n) is 6.54. The quantitative estimate of drug-likeness (QED) is 0.644. The molecule has 1 aromatic rings. The molecule has 1 N–H and O–H groups in total. The Hall–Kier alpha value is -2.41. The van der Waals surface area contributed by atoms with E-state index in [2.05, 4.69) is 22.3 Å². The van der Waals surface area contributed by atoms with Gasteiger partial charge in [-0.1, -0.05) is 30.3 Å². The molecule has 3 atom stereocenters. The van der Waals surface area contributed by atoms with Crippen LogP contribution in [0.1, 0.15) is 70.4 Å². The van der Waals surface area contributed by atoms with E-state index in [0.29, 0.717) is 24.9 Å². The average Bonchev–Trinajstić information content (AvgIpc) is 3.59. The Morgan fingerprint density at radius 2 is 1.70 bits per heavy atom. The second kappa shape index (κ2) is 8.42. The first kappa shape index (κ1) is 22.4. The van der Waals surface area contributed by atoms with Crippen molar-refractivity contribution < 1.29 is 14.4 Å². The largest absolute Gasteiger partial charge is 0.349 e. The Bertz CT molecular complexity index is 915. The third-order valence-electron chi connectivity index (χ3n) is 8.23. The third-order valence-corrected chi connectivity index (χ3v) is 8.23. The molecule has 2 unspecified atom stereocenters. The maximum absolute atomic E-state index is 13.3. The van der Waals surface area contributed by atoms with Gasteiger partial charge in [0.15, 0.2) is 0 Å². The first-order chi connectivity index (χ1) is 15.8. The van der Waals surface area contributed by atoms with Crippen molar-refractivity contribution >= 4 is 17.8 Å². The second-order valence-corrected chi connectivity index (χ2v) is 10.7. The molecule has 2 bridgehead atoms. The number of likely N-dealkylation sites (N-methyl/N-ethyl adjacent to an activating group) is 1. The van der Waals surface area contributed by atoms with E-state index < -0.39 is 5.54 Å². The molecule has 0 aromatic heterocycles. The van der Waals surface area contributed by atoms with Crippen molar-refractivity contribution in [3.8, 4) is 0 Å². The molecule has 4 fully saturated rings. The van der Waals surface area contributed by atoms with Gasteiger partial charge in [0.2, 0.25) is 5.91 Å². The minimum absolute atomic E-state index is 0.00236. The Morgan fingerprint density at radius 1 is 1.06 bits per heavy atom. The van der Waals surface area contributed by atoms with Crippen molar-refractivity contribution in [1.82, 2.24) is 20.0 Å². The van der Waals surface area contributed by atoms with Crippen molar-refractivity contribution in [3.05, 3.63) is 35.9 Å². The van der Waals surface area contributed by atoms with Crippen LogP contribution in [0.4, 0.5) is 4.79 Å². The van der Waals surface area contributed by atoms with Gasteiger partial charge in [0, 0.05) is 37.6 Å². The minimum Gasteiger partial charge on any atom is -0.349 e. The summed E-state index contributed by atoms with van der Waals surface area (Å²) in [7, 11) is 1.62. The first-order valence-electron chi connectivity index (χ1n) is 12.5. The summed E-state index contributed by atoms with van der Waals surface area (Å²) in [6, 6.07) is 10.7. The summed E-state index contributed by atoms with van der Waals surface area (Å²) in [6.45, 7) is 4.90. The molecule has 3 heterocycles. The number of benzene rings is 1. The van der Waals surface area contributed by atoms with Crippen LogP contribution in [0, 0.1) is 5.92 Å².